The SMILES string of the molecule is CCNC1CCCCCC1N1CCC[C@H]2CCCC[C@H]21. The van der Waals surface area contributed by atoms with Crippen LogP contribution in [0.15, 0.2) is 0 Å². The summed E-state index contributed by atoms with van der Waals surface area (Å²) in [6, 6.07) is 2.54. The van der Waals surface area contributed by atoms with Crippen LogP contribution in [0.1, 0.15) is 77.6 Å². The van der Waals surface area contributed by atoms with Gasteiger partial charge >= 0.3 is 0 Å². The van der Waals surface area contributed by atoms with Crippen LogP contribution in [0.4, 0.5) is 0 Å². The molecule has 3 fully saturated rings. The molecule has 20 heavy (non-hydrogen) atoms. The first-order valence-electron chi connectivity index (χ1n) is 9.39. The smallest absolute Gasteiger partial charge is 0.0252 e. The maximum atomic E-state index is 3.83. The molecule has 0 aromatic heterocycles. The molecule has 2 unspecified atom stereocenters. The van der Waals surface area contributed by atoms with Crippen LogP contribution in [0.2, 0.25) is 0 Å². The Morgan fingerprint density at radius 2 is 1.50 bits per heavy atom. The van der Waals surface area contributed by atoms with Crippen molar-refractivity contribution >= 4 is 0 Å². The number of rotatable bonds is 3. The lowest BCUT2D eigenvalue weighted by Crippen LogP contribution is -2.57. The van der Waals surface area contributed by atoms with Crippen molar-refractivity contribution < 1.29 is 0 Å². The van der Waals surface area contributed by atoms with Crippen molar-refractivity contribution in [3.63, 3.8) is 0 Å². The zero-order chi connectivity index (χ0) is 13.8. The molecule has 0 aromatic carbocycles. The minimum absolute atomic E-state index is 0.767. The Bertz CT molecular complexity index is 289. The Labute approximate surface area is 125 Å². The first kappa shape index (κ1) is 14.8. The van der Waals surface area contributed by atoms with E-state index < -0.39 is 0 Å². The number of fused-ring (bicyclic) bond motifs is 1. The van der Waals surface area contributed by atoms with Gasteiger partial charge in [-0.25, -0.2) is 0 Å². The van der Waals surface area contributed by atoms with Crippen LogP contribution in [0.25, 0.3) is 0 Å². The topological polar surface area (TPSA) is 15.3 Å². The van der Waals surface area contributed by atoms with E-state index >= 15 is 0 Å². The largest absolute Gasteiger partial charge is 0.313 e. The molecule has 2 heteroatoms. The van der Waals surface area contributed by atoms with Crippen LogP contribution in [0, 0.1) is 5.92 Å². The van der Waals surface area contributed by atoms with Gasteiger partial charge in [0.15, 0.2) is 0 Å². The predicted molar refractivity (Wildman–Crippen MR) is 86.0 cm³/mol. The van der Waals surface area contributed by atoms with Crippen molar-refractivity contribution in [1.29, 1.82) is 0 Å². The summed E-state index contributed by atoms with van der Waals surface area (Å²) in [6.45, 7) is 4.80. The fraction of sp³-hybridized carbons (Fsp3) is 1.00. The molecule has 1 heterocycles. The number of nitrogens with zero attached hydrogens (tertiary/aromatic N) is 1. The van der Waals surface area contributed by atoms with E-state index in [1.807, 2.05) is 0 Å². The van der Waals surface area contributed by atoms with Crippen LogP contribution in [0.3, 0.4) is 0 Å². The molecule has 4 atom stereocenters. The molecule has 3 aliphatic rings. The second-order valence-electron chi connectivity index (χ2n) is 7.36. The Kier molecular flexibility index (Phi) is 5.39. The number of hydrogen-bond donors (Lipinski definition) is 1. The quantitative estimate of drug-likeness (QED) is 0.786. The van der Waals surface area contributed by atoms with E-state index in [4.69, 9.17) is 0 Å². The molecule has 116 valence electrons. The van der Waals surface area contributed by atoms with Gasteiger partial charge < -0.3 is 5.32 Å². The van der Waals surface area contributed by atoms with Gasteiger partial charge in [-0.05, 0) is 57.5 Å². The number of piperidine rings is 1. The Morgan fingerprint density at radius 1 is 0.800 bits per heavy atom. The summed E-state index contributed by atoms with van der Waals surface area (Å²) in [5.74, 6) is 1.03. The maximum Gasteiger partial charge on any atom is 0.0252 e. The summed E-state index contributed by atoms with van der Waals surface area (Å²) in [7, 11) is 0. The molecule has 0 radical (unpaired) electrons. The standard InChI is InChI=1S/C18H34N2/c1-2-19-16-11-4-3-5-13-18(16)20-14-8-10-15-9-6-7-12-17(15)20/h15-19H,2-14H2,1H3/t15-,16?,17-,18?/m1/s1. The van der Waals surface area contributed by atoms with Gasteiger partial charge in [0.25, 0.3) is 0 Å². The third-order valence-electron chi connectivity index (χ3n) is 6.16. The van der Waals surface area contributed by atoms with Gasteiger partial charge in [0.05, 0.1) is 0 Å². The monoisotopic (exact) mass is 278 g/mol. The summed E-state index contributed by atoms with van der Waals surface area (Å²) < 4.78 is 0. The van der Waals surface area contributed by atoms with Crippen molar-refractivity contribution in [3.05, 3.63) is 0 Å². The molecule has 0 aromatic rings. The fourth-order valence-electron chi connectivity index (χ4n) is 5.26. The van der Waals surface area contributed by atoms with Crippen molar-refractivity contribution in [2.75, 3.05) is 13.1 Å². The summed E-state index contributed by atoms with van der Waals surface area (Å²) in [5.41, 5.74) is 0. The number of nitrogens with one attached hydrogen (secondary N) is 1. The minimum atomic E-state index is 0.767. The number of likely N-dealkylation sites (N-methyl/N-ethyl adjacent to an activating group) is 1. The van der Waals surface area contributed by atoms with Gasteiger partial charge in [0, 0.05) is 18.1 Å². The molecule has 1 aliphatic heterocycles. The first-order chi connectivity index (χ1) is 9.90. The van der Waals surface area contributed by atoms with E-state index in [2.05, 4.69) is 17.1 Å². The van der Waals surface area contributed by atoms with Gasteiger partial charge in [0.2, 0.25) is 0 Å². The van der Waals surface area contributed by atoms with Crippen molar-refractivity contribution in [1.82, 2.24) is 10.2 Å². The fourth-order valence-corrected chi connectivity index (χ4v) is 5.26. The third kappa shape index (κ3) is 3.22. The summed E-state index contributed by atoms with van der Waals surface area (Å²) >= 11 is 0. The summed E-state index contributed by atoms with van der Waals surface area (Å²) in [6.07, 6.45) is 16.2. The van der Waals surface area contributed by atoms with Crippen LogP contribution < -0.4 is 5.32 Å². The second-order valence-corrected chi connectivity index (χ2v) is 7.36. The third-order valence-corrected chi connectivity index (χ3v) is 6.16. The number of likely N-dealkylation sites (tertiary alicyclic amines) is 1. The minimum Gasteiger partial charge on any atom is -0.313 e. The summed E-state index contributed by atoms with van der Waals surface area (Å²) in [4.78, 5) is 2.98. The van der Waals surface area contributed by atoms with E-state index in [1.165, 1.54) is 77.2 Å². The van der Waals surface area contributed by atoms with Gasteiger partial charge in [0.1, 0.15) is 0 Å². The van der Waals surface area contributed by atoms with E-state index in [0.717, 1.165) is 30.6 Å². The maximum absolute atomic E-state index is 3.83. The second kappa shape index (κ2) is 7.26. The molecule has 1 N–H and O–H groups in total. The molecule has 2 saturated carbocycles. The molecular weight excluding hydrogens is 244 g/mol. The molecule has 2 aliphatic carbocycles. The molecule has 3 rings (SSSR count). The van der Waals surface area contributed by atoms with E-state index in [1.54, 1.807) is 0 Å². The average molecular weight is 278 g/mol. The normalized spacial score (nSPS) is 40.0. The molecule has 0 amide bonds. The molecule has 0 bridgehead atoms. The zero-order valence-electron chi connectivity index (χ0n) is 13.4. The molecule has 1 saturated heterocycles. The van der Waals surface area contributed by atoms with Crippen molar-refractivity contribution in [2.45, 2.75) is 95.7 Å². The molecule has 0 spiro atoms. The van der Waals surface area contributed by atoms with E-state index in [-0.39, 0.29) is 0 Å². The van der Waals surface area contributed by atoms with Gasteiger partial charge in [-0.1, -0.05) is 39.0 Å². The van der Waals surface area contributed by atoms with Gasteiger partial charge in [-0.2, -0.15) is 0 Å². The lowest BCUT2D eigenvalue weighted by molar-refractivity contribution is 0.0100. The Morgan fingerprint density at radius 3 is 2.40 bits per heavy atom. The highest BCUT2D eigenvalue weighted by atomic mass is 15.2. The highest BCUT2D eigenvalue weighted by molar-refractivity contribution is 4.95. The van der Waals surface area contributed by atoms with E-state index in [9.17, 15) is 0 Å². The average Bonchev–Trinajstić information content (AvgIpc) is 2.73. The number of hydrogen-bond acceptors (Lipinski definition) is 2. The van der Waals surface area contributed by atoms with Crippen LogP contribution in [0.5, 0.6) is 0 Å². The van der Waals surface area contributed by atoms with Gasteiger partial charge in [-0.15, -0.1) is 0 Å². The highest BCUT2D eigenvalue weighted by Gasteiger charge is 2.39. The van der Waals surface area contributed by atoms with Crippen LogP contribution >= 0.6 is 0 Å². The van der Waals surface area contributed by atoms with Crippen LogP contribution in [-0.4, -0.2) is 36.1 Å². The predicted octanol–water partition coefficient (Wildman–Crippen LogP) is 3.95. The zero-order valence-corrected chi connectivity index (χ0v) is 13.4. The van der Waals surface area contributed by atoms with Crippen LogP contribution in [-0.2, 0) is 0 Å². The van der Waals surface area contributed by atoms with Crippen molar-refractivity contribution in [2.24, 2.45) is 5.92 Å². The highest BCUT2D eigenvalue weighted by Crippen LogP contribution is 2.38. The van der Waals surface area contributed by atoms with Crippen molar-refractivity contribution in [3.8, 4) is 0 Å². The lowest BCUT2D eigenvalue weighted by atomic mass is 9.77. The summed E-state index contributed by atoms with van der Waals surface area (Å²) in [5, 5.41) is 3.83. The molecular formula is C18H34N2. The van der Waals surface area contributed by atoms with Gasteiger partial charge in [-0.3, -0.25) is 4.90 Å². The van der Waals surface area contributed by atoms with E-state index in [0.29, 0.717) is 0 Å². The lowest BCUT2D eigenvalue weighted by Gasteiger charge is -2.49. The Balaban J connectivity index is 1.72. The first-order valence-corrected chi connectivity index (χ1v) is 9.39. The Hall–Kier alpha value is -0.0800. The molecule has 2 nitrogen and oxygen atoms in total.